The van der Waals surface area contributed by atoms with Crippen LogP contribution in [0.25, 0.3) is 0 Å². The van der Waals surface area contributed by atoms with Crippen LogP contribution >= 0.6 is 0 Å². The number of sulfonamides is 1. The van der Waals surface area contributed by atoms with Crippen LogP contribution in [0.4, 0.5) is 13.2 Å². The van der Waals surface area contributed by atoms with Crippen LogP contribution in [-0.2, 0) is 27.9 Å². The number of aliphatic carboxylic acids is 1. The summed E-state index contributed by atoms with van der Waals surface area (Å²) >= 11 is 0. The lowest BCUT2D eigenvalue weighted by Gasteiger charge is -2.33. The second kappa shape index (κ2) is 9.40. The molecule has 0 aromatic carbocycles. The highest BCUT2D eigenvalue weighted by molar-refractivity contribution is 7.90. The molecule has 0 saturated heterocycles. The zero-order chi connectivity index (χ0) is 22.6. The number of carboxylic acid groups (broad SMARTS) is 1. The molecule has 2 aromatic heterocycles. The van der Waals surface area contributed by atoms with Gasteiger partial charge in [-0.1, -0.05) is 0 Å². The van der Waals surface area contributed by atoms with E-state index >= 15 is 0 Å². The summed E-state index contributed by atoms with van der Waals surface area (Å²) in [7, 11) is -3.11. The number of carboxylic acids is 1. The number of carbonyl (C=O) groups is 1. The molecule has 2 aliphatic rings. The second-order valence-corrected chi connectivity index (χ2v) is 9.45. The van der Waals surface area contributed by atoms with Crippen molar-refractivity contribution in [1.82, 2.24) is 19.4 Å². The summed E-state index contributed by atoms with van der Waals surface area (Å²) in [6.07, 6.45) is 0.730. The van der Waals surface area contributed by atoms with Crippen molar-refractivity contribution < 1.29 is 35.9 Å². The van der Waals surface area contributed by atoms with E-state index in [4.69, 9.17) is 14.3 Å². The van der Waals surface area contributed by atoms with Gasteiger partial charge in [0.05, 0.1) is 29.8 Å². The van der Waals surface area contributed by atoms with Gasteiger partial charge in [-0.2, -0.15) is 18.3 Å². The van der Waals surface area contributed by atoms with E-state index < -0.39 is 22.2 Å². The van der Waals surface area contributed by atoms with E-state index in [0.717, 1.165) is 50.4 Å². The average Bonchev–Trinajstić information content (AvgIpc) is 3.24. The van der Waals surface area contributed by atoms with Gasteiger partial charge in [0, 0.05) is 25.8 Å². The number of alkyl halides is 3. The number of rotatable bonds is 7. The van der Waals surface area contributed by atoms with Crippen LogP contribution in [0.5, 0.6) is 0 Å². The minimum absolute atomic E-state index is 0.167. The summed E-state index contributed by atoms with van der Waals surface area (Å²) in [6, 6.07) is 6.06. The molecule has 1 saturated carbocycles. The van der Waals surface area contributed by atoms with Crippen molar-refractivity contribution in [2.24, 2.45) is 0 Å². The fourth-order valence-corrected chi connectivity index (χ4v) is 4.68. The molecule has 0 bridgehead atoms. The molecule has 4 rings (SSSR count). The number of furan rings is 1. The summed E-state index contributed by atoms with van der Waals surface area (Å²) in [6.45, 7) is 2.87. The molecule has 172 valence electrons. The lowest BCUT2D eigenvalue weighted by Crippen LogP contribution is -2.39. The molecule has 0 radical (unpaired) electrons. The first-order valence-corrected chi connectivity index (χ1v) is 11.2. The standard InChI is InChI=1S/C16H22N4O3S.C2HF3O2/c21-24(22,16-3-4-16)18-8-6-14-11-19(12-15-2-1-9-23-15)10-13-5-7-17-20(13)14;3-2(4,5)1(6)7/h1-2,5,7,9,14,16,18H,3-4,6,8,10-12H2;(H,6,7). The number of nitrogens with one attached hydrogen (secondary N) is 1. The van der Waals surface area contributed by atoms with E-state index in [1.165, 1.54) is 0 Å². The molecular formula is C18H23F3N4O5S. The van der Waals surface area contributed by atoms with Crippen LogP contribution in [0.15, 0.2) is 35.1 Å². The zero-order valence-electron chi connectivity index (χ0n) is 16.5. The molecule has 1 aliphatic heterocycles. The molecular weight excluding hydrogens is 441 g/mol. The van der Waals surface area contributed by atoms with E-state index in [9.17, 15) is 21.6 Å². The Bertz CT molecular complexity index is 971. The maximum Gasteiger partial charge on any atom is 0.490 e. The van der Waals surface area contributed by atoms with Gasteiger partial charge in [0.2, 0.25) is 10.0 Å². The van der Waals surface area contributed by atoms with Crippen LogP contribution in [-0.4, -0.2) is 58.7 Å². The zero-order valence-corrected chi connectivity index (χ0v) is 17.3. The molecule has 2 aromatic rings. The lowest BCUT2D eigenvalue weighted by atomic mass is 10.1. The van der Waals surface area contributed by atoms with E-state index in [-0.39, 0.29) is 11.3 Å². The molecule has 9 nitrogen and oxygen atoms in total. The molecule has 1 unspecified atom stereocenters. The molecule has 2 N–H and O–H groups in total. The van der Waals surface area contributed by atoms with Gasteiger partial charge in [0.25, 0.3) is 0 Å². The molecule has 1 atom stereocenters. The van der Waals surface area contributed by atoms with E-state index in [0.29, 0.717) is 6.54 Å². The van der Waals surface area contributed by atoms with Crippen LogP contribution in [0.2, 0.25) is 0 Å². The Morgan fingerprint density at radius 1 is 1.32 bits per heavy atom. The van der Waals surface area contributed by atoms with Gasteiger partial charge in [-0.05, 0) is 37.5 Å². The topological polar surface area (TPSA) is 118 Å². The summed E-state index contributed by atoms with van der Waals surface area (Å²) in [5, 5.41) is 11.4. The highest BCUT2D eigenvalue weighted by Crippen LogP contribution is 2.28. The van der Waals surface area contributed by atoms with Crippen LogP contribution in [0, 0.1) is 0 Å². The Kier molecular flexibility index (Phi) is 7.06. The summed E-state index contributed by atoms with van der Waals surface area (Å²) in [5.41, 5.74) is 1.16. The molecule has 0 amide bonds. The SMILES string of the molecule is O=C(O)C(F)(F)F.O=S(=O)(NCCC1CN(Cc2ccco2)Cc2ccnn21)C1CC1. The van der Waals surface area contributed by atoms with Gasteiger partial charge in [0.15, 0.2) is 0 Å². The first-order chi connectivity index (χ1) is 14.6. The number of nitrogens with zero attached hydrogens (tertiary/aromatic N) is 3. The van der Waals surface area contributed by atoms with Gasteiger partial charge < -0.3 is 9.52 Å². The number of hydrogen-bond donors (Lipinski definition) is 2. The highest BCUT2D eigenvalue weighted by atomic mass is 32.2. The Hall–Kier alpha value is -2.38. The number of aromatic nitrogens is 2. The summed E-state index contributed by atoms with van der Waals surface area (Å²) in [4.78, 5) is 11.2. The first-order valence-electron chi connectivity index (χ1n) is 9.62. The van der Waals surface area contributed by atoms with Crippen molar-refractivity contribution in [1.29, 1.82) is 0 Å². The summed E-state index contributed by atoms with van der Waals surface area (Å²) < 4.78 is 65.9. The second-order valence-electron chi connectivity index (χ2n) is 7.40. The Labute approximate surface area is 176 Å². The third kappa shape index (κ3) is 6.55. The predicted octanol–water partition coefficient (Wildman–Crippen LogP) is 2.14. The quantitative estimate of drug-likeness (QED) is 0.645. The largest absolute Gasteiger partial charge is 0.490 e. The monoisotopic (exact) mass is 464 g/mol. The van der Waals surface area contributed by atoms with Gasteiger partial charge in [-0.25, -0.2) is 17.9 Å². The number of hydrogen-bond acceptors (Lipinski definition) is 6. The maximum atomic E-state index is 11.9. The number of halogens is 3. The van der Waals surface area contributed by atoms with Gasteiger partial charge in [-0.15, -0.1) is 0 Å². The van der Waals surface area contributed by atoms with Crippen molar-refractivity contribution in [2.45, 2.75) is 49.8 Å². The van der Waals surface area contributed by atoms with Crippen LogP contribution in [0.1, 0.15) is 36.8 Å². The molecule has 31 heavy (non-hydrogen) atoms. The number of fused-ring (bicyclic) bond motifs is 1. The van der Waals surface area contributed by atoms with E-state index in [1.807, 2.05) is 29.1 Å². The first kappa shape index (κ1) is 23.3. The Balaban J connectivity index is 0.000000339. The molecule has 3 heterocycles. The van der Waals surface area contributed by atoms with Gasteiger partial charge in [-0.3, -0.25) is 9.58 Å². The minimum Gasteiger partial charge on any atom is -0.475 e. The van der Waals surface area contributed by atoms with Crippen molar-refractivity contribution in [3.8, 4) is 0 Å². The summed E-state index contributed by atoms with van der Waals surface area (Å²) in [5.74, 6) is -1.82. The third-order valence-corrected chi connectivity index (χ3v) is 6.85. The van der Waals surface area contributed by atoms with E-state index in [1.54, 1.807) is 6.26 Å². The molecule has 1 aliphatic carbocycles. The molecule has 0 spiro atoms. The van der Waals surface area contributed by atoms with Crippen molar-refractivity contribution >= 4 is 16.0 Å². The van der Waals surface area contributed by atoms with Crippen LogP contribution < -0.4 is 4.72 Å². The predicted molar refractivity (Wildman–Crippen MR) is 102 cm³/mol. The average molecular weight is 464 g/mol. The van der Waals surface area contributed by atoms with Gasteiger partial charge in [0.1, 0.15) is 5.76 Å². The highest BCUT2D eigenvalue weighted by Gasteiger charge is 2.38. The Morgan fingerprint density at radius 3 is 2.61 bits per heavy atom. The molecule has 1 fully saturated rings. The smallest absolute Gasteiger partial charge is 0.475 e. The van der Waals surface area contributed by atoms with Crippen molar-refractivity contribution in [2.75, 3.05) is 13.1 Å². The van der Waals surface area contributed by atoms with E-state index in [2.05, 4.69) is 14.7 Å². The fraction of sp³-hybridized carbons (Fsp3) is 0.556. The molecule has 13 heteroatoms. The van der Waals surface area contributed by atoms with Crippen molar-refractivity contribution in [3.63, 3.8) is 0 Å². The Morgan fingerprint density at radius 2 is 2.03 bits per heavy atom. The minimum atomic E-state index is -5.08. The lowest BCUT2D eigenvalue weighted by molar-refractivity contribution is -0.192. The van der Waals surface area contributed by atoms with Crippen molar-refractivity contribution in [3.05, 3.63) is 42.1 Å². The van der Waals surface area contributed by atoms with Gasteiger partial charge >= 0.3 is 12.1 Å². The third-order valence-electron chi connectivity index (χ3n) is 4.90. The normalized spacial score (nSPS) is 19.4. The fourth-order valence-electron chi connectivity index (χ4n) is 3.29. The maximum absolute atomic E-state index is 11.9. The van der Waals surface area contributed by atoms with Crippen LogP contribution in [0.3, 0.4) is 0 Å².